The van der Waals surface area contributed by atoms with E-state index in [1.165, 1.54) is 0 Å². The van der Waals surface area contributed by atoms with Crippen LogP contribution in [0.3, 0.4) is 0 Å². The number of carbonyl (C=O) groups excluding carboxylic acids is 2. The molecule has 1 aliphatic heterocycles. The van der Waals surface area contributed by atoms with Gasteiger partial charge in [-0.15, -0.1) is 0 Å². The van der Waals surface area contributed by atoms with E-state index in [4.69, 9.17) is 9.47 Å². The summed E-state index contributed by atoms with van der Waals surface area (Å²) in [6.45, 7) is 1.29. The minimum atomic E-state index is -1.69. The zero-order valence-corrected chi connectivity index (χ0v) is 20.1. The maximum absolute atomic E-state index is 12.5. The molecule has 0 aliphatic carbocycles. The number of hydrogen-bond acceptors (Lipinski definition) is 7. The standard InChI is InChI=1S/C26H32BN3O6/c28-18-21(26(32)29-22-9-12-35-13-10-22)15-20-7-4-8-23(16-20)36-14-11-25(31)30-24(27(33)34)17-19-5-2-1-3-6-19/h1-8,16,21-22,24,33-34H,9-15,17H2,(H,29,32)(H,30,31)/t21?,24-/m0/s1. The maximum Gasteiger partial charge on any atom is 0.475 e. The van der Waals surface area contributed by atoms with Gasteiger partial charge in [-0.1, -0.05) is 42.5 Å². The minimum Gasteiger partial charge on any atom is -0.493 e. The summed E-state index contributed by atoms with van der Waals surface area (Å²) in [4.78, 5) is 24.9. The highest BCUT2D eigenvalue weighted by Crippen LogP contribution is 2.18. The molecule has 190 valence electrons. The SMILES string of the molecule is N#CC(Cc1cccc(OCCC(=O)N[C@@H](Cc2ccccc2)B(O)O)c1)C(=O)NC1CCOCC1. The average molecular weight is 493 g/mol. The molecule has 0 radical (unpaired) electrons. The Kier molecular flexibility index (Phi) is 10.8. The minimum absolute atomic E-state index is 0.0244. The summed E-state index contributed by atoms with van der Waals surface area (Å²) >= 11 is 0. The van der Waals surface area contributed by atoms with E-state index in [-0.39, 0.29) is 43.7 Å². The number of hydrogen-bond donors (Lipinski definition) is 4. The van der Waals surface area contributed by atoms with Gasteiger partial charge in [0.05, 0.1) is 25.0 Å². The monoisotopic (exact) mass is 493 g/mol. The van der Waals surface area contributed by atoms with Crippen molar-refractivity contribution in [1.29, 1.82) is 5.26 Å². The van der Waals surface area contributed by atoms with Gasteiger partial charge in [-0.05, 0) is 48.9 Å². The van der Waals surface area contributed by atoms with Crippen molar-refractivity contribution < 1.29 is 29.1 Å². The Balaban J connectivity index is 1.46. The second-order valence-corrected chi connectivity index (χ2v) is 8.80. The molecule has 1 heterocycles. The van der Waals surface area contributed by atoms with E-state index in [1.54, 1.807) is 18.2 Å². The van der Waals surface area contributed by atoms with E-state index in [2.05, 4.69) is 16.7 Å². The lowest BCUT2D eigenvalue weighted by Crippen LogP contribution is -2.48. The van der Waals surface area contributed by atoms with Crippen molar-refractivity contribution >= 4 is 18.9 Å². The van der Waals surface area contributed by atoms with Crippen molar-refractivity contribution in [3.05, 3.63) is 65.7 Å². The van der Waals surface area contributed by atoms with Gasteiger partial charge in [-0.2, -0.15) is 5.26 Å². The fraction of sp³-hybridized carbons (Fsp3) is 0.423. The molecule has 2 aromatic rings. The van der Waals surface area contributed by atoms with Gasteiger partial charge in [0.25, 0.3) is 0 Å². The molecule has 0 bridgehead atoms. The van der Waals surface area contributed by atoms with Crippen LogP contribution in [0.1, 0.15) is 30.4 Å². The fourth-order valence-electron chi connectivity index (χ4n) is 3.98. The third-order valence-electron chi connectivity index (χ3n) is 5.98. The van der Waals surface area contributed by atoms with Crippen molar-refractivity contribution in [1.82, 2.24) is 10.6 Å². The number of ether oxygens (including phenoxy) is 2. The lowest BCUT2D eigenvalue weighted by molar-refractivity contribution is -0.124. The molecular formula is C26H32BN3O6. The Morgan fingerprint density at radius 1 is 1.08 bits per heavy atom. The van der Waals surface area contributed by atoms with E-state index in [9.17, 15) is 24.9 Å². The molecule has 0 saturated carbocycles. The first-order valence-electron chi connectivity index (χ1n) is 12.1. The molecule has 1 fully saturated rings. The molecule has 2 amide bonds. The van der Waals surface area contributed by atoms with E-state index in [1.807, 2.05) is 36.4 Å². The van der Waals surface area contributed by atoms with Gasteiger partial charge in [0, 0.05) is 19.3 Å². The maximum atomic E-state index is 12.5. The second-order valence-electron chi connectivity index (χ2n) is 8.80. The van der Waals surface area contributed by atoms with Gasteiger partial charge in [0.15, 0.2) is 0 Å². The number of nitrogens with zero attached hydrogens (tertiary/aromatic N) is 1. The normalized spacial score (nSPS) is 15.2. The Bertz CT molecular complexity index is 1020. The molecule has 36 heavy (non-hydrogen) atoms. The molecule has 9 nitrogen and oxygen atoms in total. The lowest BCUT2D eigenvalue weighted by atomic mass is 9.76. The first-order chi connectivity index (χ1) is 17.4. The molecular weight excluding hydrogens is 461 g/mol. The summed E-state index contributed by atoms with van der Waals surface area (Å²) in [5.41, 5.74) is 1.65. The largest absolute Gasteiger partial charge is 0.493 e. The highest BCUT2D eigenvalue weighted by molar-refractivity contribution is 6.43. The van der Waals surface area contributed by atoms with Crippen LogP contribution in [0.25, 0.3) is 0 Å². The summed E-state index contributed by atoms with van der Waals surface area (Å²) in [7, 11) is -1.69. The van der Waals surface area contributed by atoms with Crippen molar-refractivity contribution in [3.8, 4) is 11.8 Å². The molecule has 1 saturated heterocycles. The van der Waals surface area contributed by atoms with Gasteiger partial charge in [0.2, 0.25) is 11.8 Å². The van der Waals surface area contributed by atoms with Crippen molar-refractivity contribution in [2.75, 3.05) is 19.8 Å². The quantitative estimate of drug-likeness (QED) is 0.326. The summed E-state index contributed by atoms with van der Waals surface area (Å²) in [5, 5.41) is 34.4. The topological polar surface area (TPSA) is 141 Å². The number of nitrogens with one attached hydrogen (secondary N) is 2. The Morgan fingerprint density at radius 3 is 2.50 bits per heavy atom. The van der Waals surface area contributed by atoms with Crippen LogP contribution in [0.5, 0.6) is 5.75 Å². The summed E-state index contributed by atoms with van der Waals surface area (Å²) in [6, 6.07) is 18.4. The van der Waals surface area contributed by atoms with Crippen LogP contribution >= 0.6 is 0 Å². The third kappa shape index (κ3) is 9.00. The number of benzene rings is 2. The molecule has 10 heteroatoms. The van der Waals surface area contributed by atoms with Crippen LogP contribution < -0.4 is 15.4 Å². The highest BCUT2D eigenvalue weighted by atomic mass is 16.5. The molecule has 0 aromatic heterocycles. The van der Waals surface area contributed by atoms with Crippen molar-refractivity contribution in [2.24, 2.45) is 5.92 Å². The Morgan fingerprint density at radius 2 is 1.81 bits per heavy atom. The van der Waals surface area contributed by atoms with Gasteiger partial charge in [0.1, 0.15) is 11.7 Å². The molecule has 2 atom stereocenters. The van der Waals surface area contributed by atoms with Gasteiger partial charge >= 0.3 is 7.12 Å². The van der Waals surface area contributed by atoms with Crippen LogP contribution in [0.15, 0.2) is 54.6 Å². The van der Waals surface area contributed by atoms with E-state index >= 15 is 0 Å². The van der Waals surface area contributed by atoms with Crippen molar-refractivity contribution in [2.45, 2.75) is 44.1 Å². The fourth-order valence-corrected chi connectivity index (χ4v) is 3.98. The van der Waals surface area contributed by atoms with Gasteiger partial charge < -0.3 is 30.2 Å². The highest BCUT2D eigenvalue weighted by Gasteiger charge is 2.26. The summed E-state index contributed by atoms with van der Waals surface area (Å²) < 4.78 is 11.0. The zero-order chi connectivity index (χ0) is 25.8. The second kappa shape index (κ2) is 14.2. The average Bonchev–Trinajstić information content (AvgIpc) is 2.88. The van der Waals surface area contributed by atoms with Gasteiger partial charge in [-0.25, -0.2) is 0 Å². The molecule has 4 N–H and O–H groups in total. The zero-order valence-electron chi connectivity index (χ0n) is 20.1. The number of rotatable bonds is 12. The molecule has 0 spiro atoms. The Hall–Kier alpha value is -3.39. The summed E-state index contributed by atoms with van der Waals surface area (Å²) in [6.07, 6.45) is 2.04. The van der Waals surface area contributed by atoms with Crippen LogP contribution in [0.2, 0.25) is 0 Å². The molecule has 1 unspecified atom stereocenters. The number of carbonyl (C=O) groups is 2. The van der Waals surface area contributed by atoms with Crippen LogP contribution in [-0.2, 0) is 27.2 Å². The molecule has 2 aromatic carbocycles. The number of nitriles is 1. The van der Waals surface area contributed by atoms with E-state index < -0.39 is 19.0 Å². The first-order valence-corrected chi connectivity index (χ1v) is 12.1. The molecule has 1 aliphatic rings. The Labute approximate surface area is 211 Å². The smallest absolute Gasteiger partial charge is 0.475 e. The molecule has 3 rings (SSSR count). The predicted octanol–water partition coefficient (Wildman–Crippen LogP) is 1.17. The van der Waals surface area contributed by atoms with Crippen LogP contribution in [0.4, 0.5) is 0 Å². The number of amides is 2. The lowest BCUT2D eigenvalue weighted by Gasteiger charge is -2.24. The van der Waals surface area contributed by atoms with Gasteiger partial charge in [-0.3, -0.25) is 9.59 Å². The predicted molar refractivity (Wildman–Crippen MR) is 134 cm³/mol. The van der Waals surface area contributed by atoms with Crippen molar-refractivity contribution in [3.63, 3.8) is 0 Å². The van der Waals surface area contributed by atoms with E-state index in [0.29, 0.717) is 19.0 Å². The first kappa shape index (κ1) is 27.2. The van der Waals surface area contributed by atoms with Crippen LogP contribution in [0, 0.1) is 17.2 Å². The van der Waals surface area contributed by atoms with E-state index in [0.717, 1.165) is 24.0 Å². The third-order valence-corrected chi connectivity index (χ3v) is 5.98. The summed E-state index contributed by atoms with van der Waals surface area (Å²) in [5.74, 6) is -1.79. The van der Waals surface area contributed by atoms with Crippen LogP contribution in [-0.4, -0.2) is 60.8 Å².